The van der Waals surface area contributed by atoms with Crippen molar-refractivity contribution in [2.75, 3.05) is 11.9 Å². The molecule has 7 nitrogen and oxygen atoms in total. The second kappa shape index (κ2) is 4.92. The van der Waals surface area contributed by atoms with Crippen molar-refractivity contribution in [3.8, 4) is 0 Å². The molecule has 3 aromatic rings. The van der Waals surface area contributed by atoms with Crippen molar-refractivity contribution in [3.05, 3.63) is 30.0 Å². The van der Waals surface area contributed by atoms with Crippen LogP contribution in [0.4, 0.5) is 5.82 Å². The molecule has 0 unspecified atom stereocenters. The minimum Gasteiger partial charge on any atom is -0.366 e. The topological polar surface area (TPSA) is 73.5 Å². The first kappa shape index (κ1) is 12.6. The second-order valence-electron chi connectivity index (χ2n) is 4.72. The van der Waals surface area contributed by atoms with E-state index in [0.717, 1.165) is 41.5 Å². The van der Waals surface area contributed by atoms with Crippen LogP contribution in [0, 0.1) is 13.8 Å². The smallest absolute Gasteiger partial charge is 0.156 e. The number of nitrogens with one attached hydrogen (secondary N) is 1. The molecule has 104 valence electrons. The molecule has 0 fully saturated rings. The van der Waals surface area contributed by atoms with Crippen LogP contribution in [0.2, 0.25) is 0 Å². The minimum atomic E-state index is 0.746. The van der Waals surface area contributed by atoms with E-state index in [4.69, 9.17) is 0 Å². The molecular formula is C13H17N7. The zero-order valence-electron chi connectivity index (χ0n) is 11.8. The first-order valence-electron chi connectivity index (χ1n) is 6.54. The molecule has 1 N–H and O–H groups in total. The quantitative estimate of drug-likeness (QED) is 0.774. The molecule has 0 saturated carbocycles. The lowest BCUT2D eigenvalue weighted by Gasteiger charge is -2.08. The van der Waals surface area contributed by atoms with E-state index in [0.29, 0.717) is 0 Å². The van der Waals surface area contributed by atoms with Crippen LogP contribution in [0.15, 0.2) is 18.5 Å². The molecule has 0 saturated heterocycles. The predicted octanol–water partition coefficient (Wildman–Crippen LogP) is 1.29. The van der Waals surface area contributed by atoms with Crippen molar-refractivity contribution in [2.24, 2.45) is 7.05 Å². The van der Waals surface area contributed by atoms with Gasteiger partial charge in [-0.3, -0.25) is 9.36 Å². The van der Waals surface area contributed by atoms with Crippen LogP contribution >= 0.6 is 0 Å². The molecule has 0 amide bonds. The monoisotopic (exact) mass is 271 g/mol. The number of aromatic nitrogens is 6. The van der Waals surface area contributed by atoms with Crippen LogP contribution in [0.5, 0.6) is 0 Å². The summed E-state index contributed by atoms with van der Waals surface area (Å²) in [6.45, 7) is 5.39. The Morgan fingerprint density at radius 2 is 2.10 bits per heavy atom. The molecule has 3 aromatic heterocycles. The van der Waals surface area contributed by atoms with Gasteiger partial charge < -0.3 is 5.32 Å². The number of hydrogen-bond acceptors (Lipinski definition) is 5. The maximum absolute atomic E-state index is 4.48. The third-order valence-corrected chi connectivity index (χ3v) is 3.15. The largest absolute Gasteiger partial charge is 0.366 e. The molecule has 0 spiro atoms. The van der Waals surface area contributed by atoms with Gasteiger partial charge in [0.15, 0.2) is 5.82 Å². The van der Waals surface area contributed by atoms with Gasteiger partial charge in [-0.05, 0) is 19.9 Å². The molecule has 7 heteroatoms. The molecule has 0 radical (unpaired) electrons. The van der Waals surface area contributed by atoms with Gasteiger partial charge >= 0.3 is 0 Å². The summed E-state index contributed by atoms with van der Waals surface area (Å²) in [7, 11) is 1.91. The average Bonchev–Trinajstić information content (AvgIpc) is 2.99. The third kappa shape index (κ3) is 2.22. The van der Waals surface area contributed by atoms with Gasteiger partial charge in [-0.1, -0.05) is 0 Å². The summed E-state index contributed by atoms with van der Waals surface area (Å²) in [6.07, 6.45) is 3.72. The van der Waals surface area contributed by atoms with Crippen LogP contribution in [0.25, 0.3) is 11.0 Å². The number of fused-ring (bicyclic) bond motifs is 1. The van der Waals surface area contributed by atoms with Gasteiger partial charge in [-0.25, -0.2) is 9.97 Å². The van der Waals surface area contributed by atoms with Crippen LogP contribution in [0.3, 0.4) is 0 Å². The minimum absolute atomic E-state index is 0.746. The van der Waals surface area contributed by atoms with E-state index in [9.17, 15) is 0 Å². The van der Waals surface area contributed by atoms with Crippen LogP contribution in [-0.2, 0) is 13.6 Å². The lowest BCUT2D eigenvalue weighted by Crippen LogP contribution is -2.13. The normalized spacial score (nSPS) is 11.2. The maximum Gasteiger partial charge on any atom is 0.156 e. The van der Waals surface area contributed by atoms with Crippen LogP contribution in [-0.4, -0.2) is 36.1 Å². The Balaban J connectivity index is 1.86. The first-order valence-corrected chi connectivity index (χ1v) is 6.54. The summed E-state index contributed by atoms with van der Waals surface area (Å²) in [6, 6.07) is 1.91. The maximum atomic E-state index is 4.48. The Hall–Kier alpha value is -2.44. The highest BCUT2D eigenvalue weighted by Gasteiger charge is 2.13. The Morgan fingerprint density at radius 3 is 2.85 bits per heavy atom. The third-order valence-electron chi connectivity index (χ3n) is 3.15. The van der Waals surface area contributed by atoms with E-state index in [1.807, 2.05) is 42.5 Å². The standard InChI is InChI=1S/C13H17N7/c1-9-11-12(19(3)18-9)13(17-10(2)16-11)14-6-8-20-7-4-5-15-20/h4-5,7H,6,8H2,1-3H3,(H,14,16,17). The lowest BCUT2D eigenvalue weighted by molar-refractivity contribution is 0.637. The van der Waals surface area contributed by atoms with Crippen LogP contribution in [0.1, 0.15) is 11.5 Å². The van der Waals surface area contributed by atoms with E-state index >= 15 is 0 Å². The van der Waals surface area contributed by atoms with Crippen molar-refractivity contribution in [1.82, 2.24) is 29.5 Å². The van der Waals surface area contributed by atoms with Gasteiger partial charge in [0, 0.05) is 26.0 Å². The molecular weight excluding hydrogens is 254 g/mol. The summed E-state index contributed by atoms with van der Waals surface area (Å²) < 4.78 is 3.70. The summed E-state index contributed by atoms with van der Waals surface area (Å²) in [5.41, 5.74) is 2.76. The summed E-state index contributed by atoms with van der Waals surface area (Å²) in [4.78, 5) is 8.94. The Labute approximate surface area is 116 Å². The number of rotatable bonds is 4. The number of aryl methyl sites for hydroxylation is 3. The number of nitrogens with zero attached hydrogens (tertiary/aromatic N) is 6. The van der Waals surface area contributed by atoms with Crippen molar-refractivity contribution in [3.63, 3.8) is 0 Å². The fraction of sp³-hybridized carbons (Fsp3) is 0.385. The number of anilines is 1. The molecule has 0 aliphatic heterocycles. The van der Waals surface area contributed by atoms with Crippen molar-refractivity contribution >= 4 is 16.9 Å². The summed E-state index contributed by atoms with van der Waals surface area (Å²) in [5.74, 6) is 1.57. The fourth-order valence-electron chi connectivity index (χ4n) is 2.29. The summed E-state index contributed by atoms with van der Waals surface area (Å²) >= 11 is 0. The highest BCUT2D eigenvalue weighted by Crippen LogP contribution is 2.21. The van der Waals surface area contributed by atoms with E-state index in [1.54, 1.807) is 6.20 Å². The summed E-state index contributed by atoms with van der Waals surface area (Å²) in [5, 5.41) is 11.9. The molecule has 0 aliphatic carbocycles. The van der Waals surface area contributed by atoms with Crippen molar-refractivity contribution < 1.29 is 0 Å². The Bertz CT molecular complexity index is 727. The van der Waals surface area contributed by atoms with Gasteiger partial charge in [0.2, 0.25) is 0 Å². The number of hydrogen-bond donors (Lipinski definition) is 1. The van der Waals surface area contributed by atoms with Gasteiger partial charge in [0.25, 0.3) is 0 Å². The molecule has 3 rings (SSSR count). The fourth-order valence-corrected chi connectivity index (χ4v) is 2.29. The van der Waals surface area contributed by atoms with E-state index in [-0.39, 0.29) is 0 Å². The lowest BCUT2D eigenvalue weighted by atomic mass is 10.3. The van der Waals surface area contributed by atoms with E-state index < -0.39 is 0 Å². The van der Waals surface area contributed by atoms with Gasteiger partial charge in [-0.2, -0.15) is 10.2 Å². The zero-order chi connectivity index (χ0) is 14.1. The van der Waals surface area contributed by atoms with Gasteiger partial charge in [0.05, 0.1) is 12.2 Å². The molecule has 0 atom stereocenters. The SMILES string of the molecule is Cc1nc(NCCn2cccn2)c2c(n1)c(C)nn2C. The van der Waals surface area contributed by atoms with E-state index in [2.05, 4.69) is 25.5 Å². The Kier molecular flexibility index (Phi) is 3.09. The second-order valence-corrected chi connectivity index (χ2v) is 4.72. The Morgan fingerprint density at radius 1 is 1.25 bits per heavy atom. The molecule has 20 heavy (non-hydrogen) atoms. The molecule has 3 heterocycles. The highest BCUT2D eigenvalue weighted by molar-refractivity contribution is 5.87. The predicted molar refractivity (Wildman–Crippen MR) is 76.5 cm³/mol. The van der Waals surface area contributed by atoms with Crippen molar-refractivity contribution in [2.45, 2.75) is 20.4 Å². The highest BCUT2D eigenvalue weighted by atomic mass is 15.3. The molecule has 0 aromatic carbocycles. The molecule has 0 aliphatic rings. The van der Waals surface area contributed by atoms with Gasteiger partial charge in [0.1, 0.15) is 16.9 Å². The average molecular weight is 271 g/mol. The molecule has 0 bridgehead atoms. The van der Waals surface area contributed by atoms with Crippen LogP contribution < -0.4 is 5.32 Å². The van der Waals surface area contributed by atoms with Gasteiger partial charge in [-0.15, -0.1) is 0 Å². The zero-order valence-corrected chi connectivity index (χ0v) is 11.8. The van der Waals surface area contributed by atoms with Crippen molar-refractivity contribution in [1.29, 1.82) is 0 Å². The first-order chi connectivity index (χ1) is 9.65. The van der Waals surface area contributed by atoms with E-state index in [1.165, 1.54) is 0 Å².